The SMILES string of the molecule is CC(C)CC(=O)NCc1ccc2c(c1)OCCCO2. The number of amides is 1. The summed E-state index contributed by atoms with van der Waals surface area (Å²) < 4.78 is 11.2. The lowest BCUT2D eigenvalue weighted by Gasteiger charge is -2.10. The Morgan fingerprint density at radius 2 is 2.00 bits per heavy atom. The van der Waals surface area contributed by atoms with Crippen LogP contribution >= 0.6 is 0 Å². The lowest BCUT2D eigenvalue weighted by Crippen LogP contribution is -2.23. The summed E-state index contributed by atoms with van der Waals surface area (Å²) in [5.74, 6) is 2.02. The Morgan fingerprint density at radius 1 is 1.26 bits per heavy atom. The van der Waals surface area contributed by atoms with E-state index in [0.717, 1.165) is 23.5 Å². The van der Waals surface area contributed by atoms with Gasteiger partial charge < -0.3 is 14.8 Å². The van der Waals surface area contributed by atoms with Crippen LogP contribution in [0.4, 0.5) is 0 Å². The van der Waals surface area contributed by atoms with Gasteiger partial charge in [0.2, 0.25) is 5.91 Å². The average Bonchev–Trinajstić information content (AvgIpc) is 2.60. The maximum Gasteiger partial charge on any atom is 0.220 e. The summed E-state index contributed by atoms with van der Waals surface area (Å²) in [5.41, 5.74) is 1.03. The molecule has 1 aliphatic heterocycles. The van der Waals surface area contributed by atoms with Crippen molar-refractivity contribution in [3.63, 3.8) is 0 Å². The van der Waals surface area contributed by atoms with Gasteiger partial charge in [0.1, 0.15) is 0 Å². The maximum atomic E-state index is 11.6. The Hall–Kier alpha value is -1.71. The van der Waals surface area contributed by atoms with E-state index < -0.39 is 0 Å². The molecule has 0 saturated carbocycles. The van der Waals surface area contributed by atoms with Crippen molar-refractivity contribution in [3.8, 4) is 11.5 Å². The number of ether oxygens (including phenoxy) is 2. The Balaban J connectivity index is 1.94. The number of carbonyl (C=O) groups is 1. The summed E-state index contributed by atoms with van der Waals surface area (Å²) in [6.07, 6.45) is 1.46. The molecule has 1 heterocycles. The monoisotopic (exact) mass is 263 g/mol. The van der Waals surface area contributed by atoms with Crippen LogP contribution in [0.15, 0.2) is 18.2 Å². The molecule has 1 amide bonds. The van der Waals surface area contributed by atoms with Crippen LogP contribution in [0.25, 0.3) is 0 Å². The molecule has 4 heteroatoms. The van der Waals surface area contributed by atoms with Gasteiger partial charge in [0.25, 0.3) is 0 Å². The highest BCUT2D eigenvalue weighted by Gasteiger charge is 2.11. The van der Waals surface area contributed by atoms with Crippen LogP contribution in [-0.4, -0.2) is 19.1 Å². The van der Waals surface area contributed by atoms with Gasteiger partial charge in [-0.25, -0.2) is 0 Å². The topological polar surface area (TPSA) is 47.6 Å². The second kappa shape index (κ2) is 6.45. The van der Waals surface area contributed by atoms with Gasteiger partial charge in [-0.3, -0.25) is 4.79 Å². The molecule has 104 valence electrons. The fourth-order valence-corrected chi connectivity index (χ4v) is 1.96. The van der Waals surface area contributed by atoms with Crippen molar-refractivity contribution in [2.75, 3.05) is 13.2 Å². The predicted octanol–water partition coefficient (Wildman–Crippen LogP) is 2.51. The Kier molecular flexibility index (Phi) is 4.66. The highest BCUT2D eigenvalue weighted by Crippen LogP contribution is 2.30. The van der Waals surface area contributed by atoms with Gasteiger partial charge in [0, 0.05) is 19.4 Å². The van der Waals surface area contributed by atoms with Crippen LogP contribution in [0.2, 0.25) is 0 Å². The number of nitrogens with one attached hydrogen (secondary N) is 1. The molecule has 1 aliphatic rings. The van der Waals surface area contributed by atoms with Gasteiger partial charge in [-0.1, -0.05) is 19.9 Å². The van der Waals surface area contributed by atoms with Crippen LogP contribution in [0.3, 0.4) is 0 Å². The van der Waals surface area contributed by atoms with Gasteiger partial charge in [0.15, 0.2) is 11.5 Å². The van der Waals surface area contributed by atoms with Gasteiger partial charge in [0.05, 0.1) is 13.2 Å². The van der Waals surface area contributed by atoms with Crippen LogP contribution in [0.1, 0.15) is 32.3 Å². The highest BCUT2D eigenvalue weighted by molar-refractivity contribution is 5.76. The third-order valence-electron chi connectivity index (χ3n) is 2.90. The molecule has 1 aromatic rings. The van der Waals surface area contributed by atoms with Crippen molar-refractivity contribution >= 4 is 5.91 Å². The van der Waals surface area contributed by atoms with Gasteiger partial charge in [-0.05, 0) is 23.6 Å². The number of rotatable bonds is 4. The summed E-state index contributed by atoms with van der Waals surface area (Å²) >= 11 is 0. The van der Waals surface area contributed by atoms with Crippen molar-refractivity contribution < 1.29 is 14.3 Å². The number of benzene rings is 1. The van der Waals surface area contributed by atoms with Crippen molar-refractivity contribution in [1.29, 1.82) is 0 Å². The molecule has 0 bridgehead atoms. The molecule has 0 fully saturated rings. The van der Waals surface area contributed by atoms with E-state index in [-0.39, 0.29) is 5.91 Å². The average molecular weight is 263 g/mol. The Bertz CT molecular complexity index is 443. The summed E-state index contributed by atoms with van der Waals surface area (Å²) in [7, 11) is 0. The summed E-state index contributed by atoms with van der Waals surface area (Å²) in [6.45, 7) is 5.97. The molecule has 19 heavy (non-hydrogen) atoms. The van der Waals surface area contributed by atoms with E-state index in [0.29, 0.717) is 32.1 Å². The first-order valence-corrected chi connectivity index (χ1v) is 6.80. The molecule has 4 nitrogen and oxygen atoms in total. The smallest absolute Gasteiger partial charge is 0.220 e. The van der Waals surface area contributed by atoms with E-state index in [1.807, 2.05) is 32.0 Å². The Labute approximate surface area is 114 Å². The zero-order chi connectivity index (χ0) is 13.7. The molecular weight excluding hydrogens is 242 g/mol. The molecule has 0 radical (unpaired) electrons. The number of hydrogen-bond donors (Lipinski definition) is 1. The first-order valence-electron chi connectivity index (χ1n) is 6.80. The Morgan fingerprint density at radius 3 is 2.74 bits per heavy atom. The van der Waals surface area contributed by atoms with Gasteiger partial charge in [-0.15, -0.1) is 0 Å². The third kappa shape index (κ3) is 4.16. The minimum Gasteiger partial charge on any atom is -0.490 e. The molecule has 0 aromatic heterocycles. The minimum absolute atomic E-state index is 0.0853. The lowest BCUT2D eigenvalue weighted by atomic mass is 10.1. The molecular formula is C15H21NO3. The second-order valence-corrected chi connectivity index (χ2v) is 5.21. The second-order valence-electron chi connectivity index (χ2n) is 5.21. The first kappa shape index (κ1) is 13.7. The van der Waals surface area contributed by atoms with Crippen LogP contribution in [0.5, 0.6) is 11.5 Å². The summed E-state index contributed by atoms with van der Waals surface area (Å²) in [6, 6.07) is 5.81. The predicted molar refractivity (Wildman–Crippen MR) is 73.4 cm³/mol. The molecule has 0 spiro atoms. The standard InChI is InChI=1S/C15H21NO3/c1-11(2)8-15(17)16-10-12-4-5-13-14(9-12)19-7-3-6-18-13/h4-5,9,11H,3,6-8,10H2,1-2H3,(H,16,17). The van der Waals surface area contributed by atoms with E-state index in [1.54, 1.807) is 0 Å². The number of fused-ring (bicyclic) bond motifs is 1. The van der Waals surface area contributed by atoms with Crippen molar-refractivity contribution in [2.24, 2.45) is 5.92 Å². The van der Waals surface area contributed by atoms with E-state index in [1.165, 1.54) is 0 Å². The van der Waals surface area contributed by atoms with E-state index in [2.05, 4.69) is 5.32 Å². The zero-order valence-corrected chi connectivity index (χ0v) is 11.6. The molecule has 1 aromatic carbocycles. The van der Waals surface area contributed by atoms with Crippen molar-refractivity contribution in [3.05, 3.63) is 23.8 Å². The number of carbonyl (C=O) groups excluding carboxylic acids is 1. The van der Waals surface area contributed by atoms with E-state index in [9.17, 15) is 4.79 Å². The summed E-state index contributed by atoms with van der Waals surface area (Å²) in [5, 5.41) is 2.92. The molecule has 0 unspecified atom stereocenters. The minimum atomic E-state index is 0.0853. The van der Waals surface area contributed by atoms with Crippen molar-refractivity contribution in [2.45, 2.75) is 33.2 Å². The first-order chi connectivity index (χ1) is 9.15. The molecule has 2 rings (SSSR count). The van der Waals surface area contributed by atoms with Gasteiger partial charge in [-0.2, -0.15) is 0 Å². The van der Waals surface area contributed by atoms with Crippen LogP contribution in [-0.2, 0) is 11.3 Å². The lowest BCUT2D eigenvalue weighted by molar-refractivity contribution is -0.121. The molecule has 0 aliphatic carbocycles. The molecule has 1 N–H and O–H groups in total. The normalized spacial score (nSPS) is 14.1. The maximum absolute atomic E-state index is 11.6. The van der Waals surface area contributed by atoms with E-state index >= 15 is 0 Å². The molecule has 0 atom stereocenters. The van der Waals surface area contributed by atoms with Gasteiger partial charge >= 0.3 is 0 Å². The van der Waals surface area contributed by atoms with E-state index in [4.69, 9.17) is 9.47 Å². The third-order valence-corrected chi connectivity index (χ3v) is 2.90. The molecule has 0 saturated heterocycles. The number of hydrogen-bond acceptors (Lipinski definition) is 3. The fraction of sp³-hybridized carbons (Fsp3) is 0.533. The van der Waals surface area contributed by atoms with Crippen LogP contribution < -0.4 is 14.8 Å². The van der Waals surface area contributed by atoms with Crippen molar-refractivity contribution in [1.82, 2.24) is 5.32 Å². The highest BCUT2D eigenvalue weighted by atomic mass is 16.5. The van der Waals surface area contributed by atoms with Crippen LogP contribution in [0, 0.1) is 5.92 Å². The quantitative estimate of drug-likeness (QED) is 0.908. The summed E-state index contributed by atoms with van der Waals surface area (Å²) in [4.78, 5) is 11.6. The zero-order valence-electron chi connectivity index (χ0n) is 11.6. The largest absolute Gasteiger partial charge is 0.490 e. The fourth-order valence-electron chi connectivity index (χ4n) is 1.96.